The molecule has 0 aromatic rings. The van der Waals surface area contributed by atoms with E-state index in [1.807, 2.05) is 43.4 Å². The molecule has 3 atom stereocenters. The number of aliphatic hydroxyl groups is 1. The molecule has 0 amide bonds. The number of carbonyl (C=O) groups excluding carboxylic acids is 1. The number of carboxylic acids is 1. The Kier molecular flexibility index (Phi) is 9.70. The van der Waals surface area contributed by atoms with Gasteiger partial charge in [0.2, 0.25) is 0 Å². The molecule has 1 rings (SSSR count). The highest BCUT2D eigenvalue weighted by Gasteiger charge is 2.27. The minimum Gasteiger partial charge on any atom is -0.481 e. The van der Waals surface area contributed by atoms with Crippen LogP contribution in [0.4, 0.5) is 0 Å². The Balaban J connectivity index is 2.42. The SMILES string of the molecule is CCC=CCC(O)C=CC1C=CC(=O)C1CC=CCCCC(=O)O. The van der Waals surface area contributed by atoms with E-state index >= 15 is 0 Å². The molecule has 0 saturated carbocycles. The molecule has 0 heterocycles. The van der Waals surface area contributed by atoms with Crippen molar-refractivity contribution in [2.75, 3.05) is 0 Å². The van der Waals surface area contributed by atoms with E-state index < -0.39 is 12.1 Å². The number of carbonyl (C=O) groups is 2. The van der Waals surface area contributed by atoms with Crippen molar-refractivity contribution >= 4 is 11.8 Å². The maximum atomic E-state index is 11.9. The average Bonchev–Trinajstić information content (AvgIpc) is 2.89. The lowest BCUT2D eigenvalue weighted by Crippen LogP contribution is -2.14. The first-order chi connectivity index (χ1) is 11.5. The van der Waals surface area contributed by atoms with Crippen LogP contribution in [0.3, 0.4) is 0 Å². The lowest BCUT2D eigenvalue weighted by Gasteiger charge is -2.13. The maximum Gasteiger partial charge on any atom is 0.303 e. The first kappa shape index (κ1) is 20.1. The van der Waals surface area contributed by atoms with Crippen LogP contribution in [0, 0.1) is 11.8 Å². The van der Waals surface area contributed by atoms with Gasteiger partial charge in [-0.15, -0.1) is 0 Å². The Hall–Kier alpha value is -1.94. The topological polar surface area (TPSA) is 74.6 Å². The quantitative estimate of drug-likeness (QED) is 0.445. The molecule has 0 bridgehead atoms. The normalized spacial score (nSPS) is 22.3. The third-order valence-corrected chi connectivity index (χ3v) is 3.97. The summed E-state index contributed by atoms with van der Waals surface area (Å²) in [5, 5.41) is 18.5. The molecule has 2 N–H and O–H groups in total. The average molecular weight is 332 g/mol. The fourth-order valence-corrected chi connectivity index (χ4v) is 2.59. The van der Waals surface area contributed by atoms with Crippen molar-refractivity contribution in [2.45, 2.75) is 51.6 Å². The summed E-state index contributed by atoms with van der Waals surface area (Å²) in [5.41, 5.74) is 0. The van der Waals surface area contributed by atoms with E-state index in [0.717, 1.165) is 6.42 Å². The van der Waals surface area contributed by atoms with Gasteiger partial charge in [-0.1, -0.05) is 49.5 Å². The first-order valence-corrected chi connectivity index (χ1v) is 8.64. The van der Waals surface area contributed by atoms with E-state index in [4.69, 9.17) is 5.11 Å². The van der Waals surface area contributed by atoms with Crippen molar-refractivity contribution < 1.29 is 19.8 Å². The monoisotopic (exact) mass is 332 g/mol. The highest BCUT2D eigenvalue weighted by atomic mass is 16.4. The van der Waals surface area contributed by atoms with E-state index in [2.05, 4.69) is 0 Å². The molecule has 0 radical (unpaired) electrons. The lowest BCUT2D eigenvalue weighted by molar-refractivity contribution is -0.137. The zero-order valence-corrected chi connectivity index (χ0v) is 14.3. The summed E-state index contributed by atoms with van der Waals surface area (Å²) in [5.74, 6) is -0.766. The minimum absolute atomic E-state index is 0.0194. The Morgan fingerprint density at radius 2 is 2.08 bits per heavy atom. The summed E-state index contributed by atoms with van der Waals surface area (Å²) in [4.78, 5) is 22.4. The summed E-state index contributed by atoms with van der Waals surface area (Å²) >= 11 is 0. The molecule has 4 nitrogen and oxygen atoms in total. The number of hydrogen-bond acceptors (Lipinski definition) is 3. The van der Waals surface area contributed by atoms with E-state index in [0.29, 0.717) is 25.7 Å². The molecule has 0 aromatic heterocycles. The summed E-state index contributed by atoms with van der Waals surface area (Å²) in [6.45, 7) is 2.05. The van der Waals surface area contributed by atoms with Gasteiger partial charge in [-0.05, 0) is 38.2 Å². The summed E-state index contributed by atoms with van der Waals surface area (Å²) in [7, 11) is 0. The van der Waals surface area contributed by atoms with Crippen molar-refractivity contribution in [1.82, 2.24) is 0 Å². The Morgan fingerprint density at radius 1 is 1.29 bits per heavy atom. The third-order valence-electron chi connectivity index (χ3n) is 3.97. The van der Waals surface area contributed by atoms with Crippen LogP contribution >= 0.6 is 0 Å². The predicted molar refractivity (Wildman–Crippen MR) is 95.6 cm³/mol. The number of rotatable bonds is 11. The molecule has 0 aliphatic heterocycles. The van der Waals surface area contributed by atoms with Gasteiger partial charge in [0.1, 0.15) is 0 Å². The third kappa shape index (κ3) is 8.06. The molecule has 132 valence electrons. The van der Waals surface area contributed by atoms with Gasteiger partial charge >= 0.3 is 5.97 Å². The van der Waals surface area contributed by atoms with Gasteiger partial charge in [0, 0.05) is 18.3 Å². The molecule has 0 aromatic carbocycles. The van der Waals surface area contributed by atoms with Crippen LogP contribution in [-0.4, -0.2) is 28.1 Å². The Morgan fingerprint density at radius 3 is 2.79 bits per heavy atom. The maximum absolute atomic E-state index is 11.9. The second kappa shape index (κ2) is 11.6. The van der Waals surface area contributed by atoms with Gasteiger partial charge in [0.25, 0.3) is 0 Å². The summed E-state index contributed by atoms with van der Waals surface area (Å²) in [6, 6.07) is 0. The van der Waals surface area contributed by atoms with Gasteiger partial charge in [0.05, 0.1) is 6.10 Å². The van der Waals surface area contributed by atoms with Gasteiger partial charge in [-0.25, -0.2) is 0 Å². The number of carboxylic acid groups (broad SMARTS) is 1. The molecular weight excluding hydrogens is 304 g/mol. The largest absolute Gasteiger partial charge is 0.481 e. The zero-order valence-electron chi connectivity index (χ0n) is 14.3. The number of aliphatic hydroxyl groups excluding tert-OH is 1. The van der Waals surface area contributed by atoms with Crippen LogP contribution in [-0.2, 0) is 9.59 Å². The van der Waals surface area contributed by atoms with Crippen LogP contribution in [0.25, 0.3) is 0 Å². The molecule has 1 aliphatic carbocycles. The second-order valence-corrected chi connectivity index (χ2v) is 6.01. The van der Waals surface area contributed by atoms with Crippen LogP contribution in [0.2, 0.25) is 0 Å². The zero-order chi connectivity index (χ0) is 17.8. The number of ketones is 1. The van der Waals surface area contributed by atoms with E-state index in [9.17, 15) is 14.7 Å². The number of allylic oxidation sites excluding steroid dienone is 6. The Bertz CT molecular complexity index is 514. The number of hydrogen-bond donors (Lipinski definition) is 2. The van der Waals surface area contributed by atoms with Crippen molar-refractivity contribution in [2.24, 2.45) is 11.8 Å². The van der Waals surface area contributed by atoms with E-state index in [1.54, 1.807) is 12.2 Å². The van der Waals surface area contributed by atoms with Crippen molar-refractivity contribution in [3.05, 3.63) is 48.6 Å². The molecule has 4 heteroatoms. The molecule has 0 spiro atoms. The van der Waals surface area contributed by atoms with Crippen LogP contribution in [0.1, 0.15) is 45.4 Å². The highest BCUT2D eigenvalue weighted by Crippen LogP contribution is 2.27. The van der Waals surface area contributed by atoms with Gasteiger partial charge in [-0.3, -0.25) is 9.59 Å². The van der Waals surface area contributed by atoms with Crippen molar-refractivity contribution in [3.8, 4) is 0 Å². The van der Waals surface area contributed by atoms with E-state index in [1.165, 1.54) is 0 Å². The predicted octanol–water partition coefficient (Wildman–Crippen LogP) is 3.83. The van der Waals surface area contributed by atoms with Gasteiger partial charge in [0.15, 0.2) is 5.78 Å². The van der Waals surface area contributed by atoms with Crippen LogP contribution < -0.4 is 0 Å². The first-order valence-electron chi connectivity index (χ1n) is 8.64. The van der Waals surface area contributed by atoms with Gasteiger partial charge in [-0.2, -0.15) is 0 Å². The van der Waals surface area contributed by atoms with Gasteiger partial charge < -0.3 is 10.2 Å². The molecule has 1 aliphatic rings. The fraction of sp³-hybridized carbons (Fsp3) is 0.500. The fourth-order valence-electron chi connectivity index (χ4n) is 2.59. The van der Waals surface area contributed by atoms with Crippen LogP contribution in [0.5, 0.6) is 0 Å². The molecule has 0 saturated heterocycles. The second-order valence-electron chi connectivity index (χ2n) is 6.01. The smallest absolute Gasteiger partial charge is 0.303 e. The Labute approximate surface area is 144 Å². The lowest BCUT2D eigenvalue weighted by atomic mass is 9.90. The summed E-state index contributed by atoms with van der Waals surface area (Å²) < 4.78 is 0. The molecule has 0 fully saturated rings. The minimum atomic E-state index is -0.781. The summed E-state index contributed by atoms with van der Waals surface area (Å²) in [6.07, 6.45) is 18.2. The standard InChI is InChI=1S/C20H28O4/c1-2-3-6-9-17(21)14-12-16-13-15-19(22)18(16)10-7-4-5-8-11-20(23)24/h3-4,6-7,12-18,21H,2,5,8-11H2,1H3,(H,23,24). The number of unbranched alkanes of at least 4 members (excludes halogenated alkanes) is 1. The molecular formula is C20H28O4. The van der Waals surface area contributed by atoms with Crippen molar-refractivity contribution in [1.29, 1.82) is 0 Å². The number of aliphatic carboxylic acids is 1. The van der Waals surface area contributed by atoms with Crippen LogP contribution in [0.15, 0.2) is 48.6 Å². The van der Waals surface area contributed by atoms with Crippen molar-refractivity contribution in [3.63, 3.8) is 0 Å². The molecule has 24 heavy (non-hydrogen) atoms. The molecule has 3 unspecified atom stereocenters. The highest BCUT2D eigenvalue weighted by molar-refractivity contribution is 5.95. The van der Waals surface area contributed by atoms with E-state index in [-0.39, 0.29) is 24.0 Å².